The molecule has 0 atom stereocenters. The lowest BCUT2D eigenvalue weighted by Gasteiger charge is -2.06. The molecule has 0 aliphatic carbocycles. The van der Waals surface area contributed by atoms with E-state index in [4.69, 9.17) is 5.84 Å². The van der Waals surface area contributed by atoms with Gasteiger partial charge in [-0.25, -0.2) is 10.2 Å². The number of benzene rings is 1. The number of carbonyl (C=O) groups excluding carboxylic acids is 1. The number of hydrazine groups is 1. The summed E-state index contributed by atoms with van der Waals surface area (Å²) >= 11 is 0. The molecular formula is C11H11FN4O. The number of hydrogen-bond donors (Lipinski definition) is 2. The van der Waals surface area contributed by atoms with Crippen LogP contribution in [0.3, 0.4) is 0 Å². The Bertz CT molecular complexity index is 524. The van der Waals surface area contributed by atoms with Gasteiger partial charge < -0.3 is 0 Å². The highest BCUT2D eigenvalue weighted by atomic mass is 19.1. The Morgan fingerprint density at radius 2 is 2.35 bits per heavy atom. The van der Waals surface area contributed by atoms with Crippen molar-refractivity contribution < 1.29 is 9.18 Å². The van der Waals surface area contributed by atoms with Crippen molar-refractivity contribution in [2.24, 2.45) is 5.84 Å². The van der Waals surface area contributed by atoms with Crippen LogP contribution < -0.4 is 11.3 Å². The molecule has 1 heterocycles. The fourth-order valence-electron chi connectivity index (χ4n) is 1.49. The fourth-order valence-corrected chi connectivity index (χ4v) is 1.49. The third-order valence-electron chi connectivity index (χ3n) is 2.33. The standard InChI is InChI=1S/C11H11FN4O/c12-10-3-2-8(11(17)15-13)6-9(10)7-16-5-1-4-14-16/h1-6H,7,13H2,(H,15,17). The zero-order chi connectivity index (χ0) is 12.3. The zero-order valence-electron chi connectivity index (χ0n) is 8.93. The number of amides is 1. The van der Waals surface area contributed by atoms with E-state index in [1.54, 1.807) is 23.1 Å². The summed E-state index contributed by atoms with van der Waals surface area (Å²) in [6.07, 6.45) is 3.32. The number of nitrogens with two attached hydrogens (primary N) is 1. The molecule has 0 aliphatic rings. The van der Waals surface area contributed by atoms with Crippen LogP contribution in [0.25, 0.3) is 0 Å². The fraction of sp³-hybridized carbons (Fsp3) is 0.0909. The third kappa shape index (κ3) is 2.48. The van der Waals surface area contributed by atoms with Crippen molar-refractivity contribution >= 4 is 5.91 Å². The molecule has 88 valence electrons. The Morgan fingerprint density at radius 3 is 3.00 bits per heavy atom. The molecule has 0 saturated heterocycles. The number of aromatic nitrogens is 2. The maximum atomic E-state index is 13.5. The lowest BCUT2D eigenvalue weighted by Crippen LogP contribution is -2.30. The van der Waals surface area contributed by atoms with Crippen LogP contribution in [0.2, 0.25) is 0 Å². The normalized spacial score (nSPS) is 10.2. The second-order valence-corrected chi connectivity index (χ2v) is 3.48. The van der Waals surface area contributed by atoms with E-state index in [2.05, 4.69) is 5.10 Å². The highest BCUT2D eigenvalue weighted by Crippen LogP contribution is 2.12. The minimum Gasteiger partial charge on any atom is -0.290 e. The van der Waals surface area contributed by atoms with Crippen molar-refractivity contribution in [2.75, 3.05) is 0 Å². The summed E-state index contributed by atoms with van der Waals surface area (Å²) in [6.45, 7) is 0.268. The average molecular weight is 234 g/mol. The molecule has 1 amide bonds. The Labute approximate surface area is 97.0 Å². The van der Waals surface area contributed by atoms with E-state index >= 15 is 0 Å². The Kier molecular flexibility index (Phi) is 3.15. The Hall–Kier alpha value is -2.21. The molecule has 0 saturated carbocycles. The van der Waals surface area contributed by atoms with E-state index in [1.165, 1.54) is 18.2 Å². The highest BCUT2D eigenvalue weighted by Gasteiger charge is 2.09. The predicted molar refractivity (Wildman–Crippen MR) is 59.4 cm³/mol. The van der Waals surface area contributed by atoms with Crippen molar-refractivity contribution in [3.8, 4) is 0 Å². The van der Waals surface area contributed by atoms with Gasteiger partial charge in [0.25, 0.3) is 5.91 Å². The summed E-state index contributed by atoms with van der Waals surface area (Å²) in [6, 6.07) is 5.82. The summed E-state index contributed by atoms with van der Waals surface area (Å²) < 4.78 is 15.1. The van der Waals surface area contributed by atoms with Crippen molar-refractivity contribution in [2.45, 2.75) is 6.54 Å². The lowest BCUT2D eigenvalue weighted by molar-refractivity contribution is 0.0953. The molecule has 2 aromatic rings. The van der Waals surface area contributed by atoms with Crippen molar-refractivity contribution in [1.29, 1.82) is 0 Å². The first-order chi connectivity index (χ1) is 8.20. The van der Waals surface area contributed by atoms with Gasteiger partial charge in [-0.2, -0.15) is 5.10 Å². The van der Waals surface area contributed by atoms with Gasteiger partial charge in [0.1, 0.15) is 5.82 Å². The van der Waals surface area contributed by atoms with Crippen LogP contribution >= 0.6 is 0 Å². The first-order valence-corrected chi connectivity index (χ1v) is 4.97. The van der Waals surface area contributed by atoms with Crippen LogP contribution in [0.1, 0.15) is 15.9 Å². The molecule has 0 fully saturated rings. The monoisotopic (exact) mass is 234 g/mol. The van der Waals surface area contributed by atoms with Gasteiger partial charge in [0.15, 0.2) is 0 Å². The molecule has 0 spiro atoms. The second-order valence-electron chi connectivity index (χ2n) is 3.48. The van der Waals surface area contributed by atoms with Crippen LogP contribution in [0.15, 0.2) is 36.7 Å². The van der Waals surface area contributed by atoms with E-state index < -0.39 is 5.91 Å². The van der Waals surface area contributed by atoms with Gasteiger partial charge in [-0.05, 0) is 24.3 Å². The zero-order valence-corrected chi connectivity index (χ0v) is 8.93. The molecular weight excluding hydrogens is 223 g/mol. The van der Waals surface area contributed by atoms with E-state index in [0.717, 1.165) is 0 Å². The summed E-state index contributed by atoms with van der Waals surface area (Å²) in [5.74, 6) is 4.18. The van der Waals surface area contributed by atoms with Crippen LogP contribution in [0.5, 0.6) is 0 Å². The maximum absolute atomic E-state index is 13.5. The molecule has 0 radical (unpaired) electrons. The molecule has 3 N–H and O–H groups in total. The minimum absolute atomic E-state index is 0.268. The lowest BCUT2D eigenvalue weighted by atomic mass is 10.1. The maximum Gasteiger partial charge on any atom is 0.265 e. The quantitative estimate of drug-likeness (QED) is 0.466. The minimum atomic E-state index is -0.452. The number of halogens is 1. The van der Waals surface area contributed by atoms with Gasteiger partial charge >= 0.3 is 0 Å². The number of carbonyl (C=O) groups is 1. The SMILES string of the molecule is NNC(=O)c1ccc(F)c(Cn2cccn2)c1. The molecule has 6 heteroatoms. The van der Waals surface area contributed by atoms with Crippen LogP contribution in [0, 0.1) is 5.82 Å². The van der Waals surface area contributed by atoms with Gasteiger partial charge in [0.2, 0.25) is 0 Å². The van der Waals surface area contributed by atoms with E-state index in [0.29, 0.717) is 11.1 Å². The summed E-state index contributed by atoms with van der Waals surface area (Å²) in [5, 5.41) is 3.97. The topological polar surface area (TPSA) is 72.9 Å². The van der Waals surface area contributed by atoms with E-state index in [9.17, 15) is 9.18 Å². The van der Waals surface area contributed by atoms with Gasteiger partial charge in [-0.3, -0.25) is 14.9 Å². The van der Waals surface area contributed by atoms with Gasteiger partial charge in [-0.15, -0.1) is 0 Å². The van der Waals surface area contributed by atoms with Crippen LogP contribution in [-0.2, 0) is 6.54 Å². The smallest absolute Gasteiger partial charge is 0.265 e. The van der Waals surface area contributed by atoms with Gasteiger partial charge in [-0.1, -0.05) is 0 Å². The predicted octanol–water partition coefficient (Wildman–Crippen LogP) is 0.674. The molecule has 0 unspecified atom stereocenters. The number of nitrogen functional groups attached to an aromatic ring is 1. The third-order valence-corrected chi connectivity index (χ3v) is 2.33. The van der Waals surface area contributed by atoms with Crippen LogP contribution in [-0.4, -0.2) is 15.7 Å². The summed E-state index contributed by atoms with van der Waals surface area (Å²) in [7, 11) is 0. The summed E-state index contributed by atoms with van der Waals surface area (Å²) in [5.41, 5.74) is 2.70. The molecule has 2 rings (SSSR count). The molecule has 0 bridgehead atoms. The highest BCUT2D eigenvalue weighted by molar-refractivity contribution is 5.93. The van der Waals surface area contributed by atoms with Crippen molar-refractivity contribution in [3.05, 3.63) is 53.6 Å². The van der Waals surface area contributed by atoms with Gasteiger partial charge in [0, 0.05) is 23.5 Å². The molecule has 1 aromatic carbocycles. The number of nitrogens with one attached hydrogen (secondary N) is 1. The first-order valence-electron chi connectivity index (χ1n) is 4.97. The number of hydrogen-bond acceptors (Lipinski definition) is 3. The molecule has 17 heavy (non-hydrogen) atoms. The van der Waals surface area contributed by atoms with E-state index in [-0.39, 0.29) is 12.4 Å². The van der Waals surface area contributed by atoms with Crippen molar-refractivity contribution in [3.63, 3.8) is 0 Å². The Balaban J connectivity index is 2.29. The second kappa shape index (κ2) is 4.75. The average Bonchev–Trinajstić information content (AvgIpc) is 2.84. The molecule has 1 aromatic heterocycles. The van der Waals surface area contributed by atoms with E-state index in [1.807, 2.05) is 5.43 Å². The summed E-state index contributed by atoms with van der Waals surface area (Å²) in [4.78, 5) is 11.3. The van der Waals surface area contributed by atoms with Crippen molar-refractivity contribution in [1.82, 2.24) is 15.2 Å². The van der Waals surface area contributed by atoms with Crippen LogP contribution in [0.4, 0.5) is 4.39 Å². The number of nitrogens with zero attached hydrogens (tertiary/aromatic N) is 2. The Morgan fingerprint density at radius 1 is 1.53 bits per heavy atom. The largest absolute Gasteiger partial charge is 0.290 e. The molecule has 5 nitrogen and oxygen atoms in total. The van der Waals surface area contributed by atoms with Gasteiger partial charge in [0.05, 0.1) is 6.54 Å². The first kappa shape index (κ1) is 11.3. The molecule has 0 aliphatic heterocycles. The number of rotatable bonds is 3.